The fraction of sp³-hybridized carbons (Fsp3) is 0.917. The number of nitrogens with zero attached hydrogens (tertiary/aromatic N) is 2. The van der Waals surface area contributed by atoms with Crippen LogP contribution in [0.25, 0.3) is 0 Å². The van der Waals surface area contributed by atoms with Crippen molar-refractivity contribution >= 4 is 23.9 Å². The molecule has 0 aromatic carbocycles. The number of aliphatic carboxylic acids is 4. The van der Waals surface area contributed by atoms with Gasteiger partial charge in [-0.15, -0.1) is 0 Å². The van der Waals surface area contributed by atoms with E-state index in [9.17, 15) is 44.7 Å². The van der Waals surface area contributed by atoms with E-state index in [1.807, 2.05) is 21.0 Å². The normalized spacial score (nSPS) is 15.0. The molecular formula is C48H94N2O10. The highest BCUT2D eigenvalue weighted by molar-refractivity contribution is 5.83. The summed E-state index contributed by atoms with van der Waals surface area (Å²) in [5.41, 5.74) is -3.17. The van der Waals surface area contributed by atoms with Gasteiger partial charge in [-0.25, -0.2) is 0 Å². The zero-order chi connectivity index (χ0) is 46.1. The molecular weight excluding hydrogens is 765 g/mol. The molecule has 0 aliphatic rings. The molecule has 0 aromatic rings. The summed E-state index contributed by atoms with van der Waals surface area (Å²) in [6.45, 7) is 7.46. The van der Waals surface area contributed by atoms with Gasteiger partial charge in [0.05, 0.1) is 40.3 Å². The van der Waals surface area contributed by atoms with Gasteiger partial charge in [-0.2, -0.15) is 0 Å². The topological polar surface area (TPSA) is 195 Å². The number of quaternary nitrogens is 2. The molecule has 0 heterocycles. The highest BCUT2D eigenvalue weighted by Crippen LogP contribution is 2.35. The van der Waals surface area contributed by atoms with Crippen molar-refractivity contribution in [3.05, 3.63) is 0 Å². The van der Waals surface area contributed by atoms with Gasteiger partial charge < -0.3 is 49.2 Å². The van der Waals surface area contributed by atoms with Crippen molar-refractivity contribution < 1.29 is 58.8 Å². The number of carbonyl (C=O) groups excluding carboxylic acids is 2. The molecule has 0 saturated carbocycles. The number of unbranched alkanes of at least 4 members (excludes halogenated alkanes) is 22. The molecule has 0 aliphatic heterocycles. The Hall–Kier alpha value is -2.28. The van der Waals surface area contributed by atoms with Crippen LogP contribution in [0.3, 0.4) is 0 Å². The molecule has 0 saturated heterocycles. The van der Waals surface area contributed by atoms with Gasteiger partial charge in [-0.1, -0.05) is 155 Å². The summed E-state index contributed by atoms with van der Waals surface area (Å²) in [5.74, 6) is -5.09. The number of aliphatic hydroxyl groups is 2. The van der Waals surface area contributed by atoms with Gasteiger partial charge in [0.2, 0.25) is 0 Å². The SMILES string of the molecule is CCCCCCCCCCCCC(CCO)[N+](C)(C)C(CCO)(CC(=O)O)C(=O)[O-].CCCCCCCCCCCCCCCCC(C)[N+](C)(C)C(C)(CC(=O)O)C(=O)[O-]. The molecule has 4 unspecified atom stereocenters. The molecule has 0 spiro atoms. The van der Waals surface area contributed by atoms with E-state index in [2.05, 4.69) is 13.8 Å². The monoisotopic (exact) mass is 859 g/mol. The minimum Gasteiger partial charge on any atom is -0.544 e. The number of carboxylic acids is 4. The summed E-state index contributed by atoms with van der Waals surface area (Å²) in [7, 11) is 7.00. The van der Waals surface area contributed by atoms with E-state index in [-0.39, 0.29) is 34.1 Å². The van der Waals surface area contributed by atoms with Gasteiger partial charge in [-0.3, -0.25) is 9.59 Å². The number of likely N-dealkylation sites (N-methyl/N-ethyl adjacent to an activating group) is 2. The standard InChI is InChI=1S/C25H49NO4.C23H45NO6/c1-6-7-8-9-10-11-12-13-14-15-16-17-18-19-20-22(2)26(4,5)25(3,24(29)30)21-23(27)28;1-4-5-6-7-8-9-10-11-12-13-14-20(15-17-25)24(2,3)23(16-18-26,22(29)30)19-21(27)28/h22H,6-21H2,1-5H3,(H-,27,28,29,30);20,25-26H,4-19H2,1-3H3,(H-,27,28,29,30). The first-order valence-corrected chi connectivity index (χ1v) is 24.0. The van der Waals surface area contributed by atoms with Crippen LogP contribution >= 0.6 is 0 Å². The lowest BCUT2D eigenvalue weighted by Gasteiger charge is -2.53. The number of hydrogen-bond acceptors (Lipinski definition) is 8. The fourth-order valence-electron chi connectivity index (χ4n) is 8.83. The summed E-state index contributed by atoms with van der Waals surface area (Å²) in [5, 5.41) is 61.3. The maximum atomic E-state index is 12.1. The number of carboxylic acid groups (broad SMARTS) is 4. The van der Waals surface area contributed by atoms with Crippen LogP contribution in [-0.4, -0.2) is 118 Å². The van der Waals surface area contributed by atoms with Crippen molar-refractivity contribution in [1.82, 2.24) is 0 Å². The summed E-state index contributed by atoms with van der Waals surface area (Å²) < 4.78 is 0.000258. The molecule has 60 heavy (non-hydrogen) atoms. The molecule has 4 atom stereocenters. The van der Waals surface area contributed by atoms with E-state index in [0.29, 0.717) is 12.8 Å². The van der Waals surface area contributed by atoms with Crippen LogP contribution in [0.15, 0.2) is 0 Å². The Kier molecular flexibility index (Phi) is 34.1. The molecule has 0 radical (unpaired) electrons. The van der Waals surface area contributed by atoms with E-state index < -0.39 is 54.4 Å². The van der Waals surface area contributed by atoms with Crippen LogP contribution in [-0.2, 0) is 19.2 Å². The predicted octanol–water partition coefficient (Wildman–Crippen LogP) is 7.78. The average molecular weight is 859 g/mol. The Morgan fingerprint density at radius 2 is 0.850 bits per heavy atom. The van der Waals surface area contributed by atoms with Gasteiger partial charge in [0.15, 0.2) is 5.54 Å². The first-order chi connectivity index (χ1) is 28.3. The number of aliphatic hydroxyl groups excluding tert-OH is 2. The minimum atomic E-state index is -1.74. The average Bonchev–Trinajstić information content (AvgIpc) is 3.17. The molecule has 0 aromatic heterocycles. The second-order valence-corrected chi connectivity index (χ2v) is 18.9. The van der Waals surface area contributed by atoms with Gasteiger partial charge in [0.1, 0.15) is 30.3 Å². The van der Waals surface area contributed by atoms with Gasteiger partial charge >= 0.3 is 11.9 Å². The largest absolute Gasteiger partial charge is 0.544 e. The summed E-state index contributed by atoms with van der Waals surface area (Å²) >= 11 is 0. The van der Waals surface area contributed by atoms with Crippen LogP contribution < -0.4 is 10.2 Å². The summed E-state index contributed by atoms with van der Waals surface area (Å²) in [6, 6.07) is -0.169. The van der Waals surface area contributed by atoms with Crippen molar-refractivity contribution in [1.29, 1.82) is 0 Å². The lowest BCUT2D eigenvalue weighted by molar-refractivity contribution is -0.957. The van der Waals surface area contributed by atoms with Gasteiger partial charge in [0.25, 0.3) is 0 Å². The third-order valence-corrected chi connectivity index (χ3v) is 14.0. The second-order valence-electron chi connectivity index (χ2n) is 18.9. The number of carbonyl (C=O) groups is 4. The fourth-order valence-corrected chi connectivity index (χ4v) is 8.83. The predicted molar refractivity (Wildman–Crippen MR) is 238 cm³/mol. The van der Waals surface area contributed by atoms with E-state index in [1.54, 1.807) is 14.1 Å². The lowest BCUT2D eigenvalue weighted by Crippen LogP contribution is -2.72. The second kappa shape index (κ2) is 34.2. The van der Waals surface area contributed by atoms with Crippen LogP contribution in [0.4, 0.5) is 0 Å². The van der Waals surface area contributed by atoms with Crippen molar-refractivity contribution in [2.24, 2.45) is 0 Å². The van der Waals surface area contributed by atoms with Crippen molar-refractivity contribution in [3.63, 3.8) is 0 Å². The smallest absolute Gasteiger partial charge is 0.310 e. The molecule has 0 fully saturated rings. The maximum absolute atomic E-state index is 12.1. The molecule has 0 rings (SSSR count). The highest BCUT2D eigenvalue weighted by atomic mass is 16.4. The number of rotatable bonds is 40. The molecule has 12 heteroatoms. The third-order valence-electron chi connectivity index (χ3n) is 14.0. The summed E-state index contributed by atoms with van der Waals surface area (Å²) in [6.07, 6.45) is 31.1. The van der Waals surface area contributed by atoms with Gasteiger partial charge in [-0.05, 0) is 39.5 Å². The Balaban J connectivity index is 0. The maximum Gasteiger partial charge on any atom is 0.310 e. The third kappa shape index (κ3) is 23.2. The van der Waals surface area contributed by atoms with Crippen LogP contribution in [0, 0.1) is 0 Å². The number of hydrogen-bond donors (Lipinski definition) is 4. The van der Waals surface area contributed by atoms with Crippen LogP contribution in [0.1, 0.15) is 220 Å². The zero-order valence-corrected chi connectivity index (χ0v) is 39.9. The summed E-state index contributed by atoms with van der Waals surface area (Å²) in [4.78, 5) is 46.4. The molecule has 0 bridgehead atoms. The van der Waals surface area contributed by atoms with E-state index in [1.165, 1.54) is 129 Å². The van der Waals surface area contributed by atoms with Crippen LogP contribution in [0.5, 0.6) is 0 Å². The molecule has 4 N–H and O–H groups in total. The van der Waals surface area contributed by atoms with E-state index in [4.69, 9.17) is 5.11 Å². The zero-order valence-electron chi connectivity index (χ0n) is 39.9. The highest BCUT2D eigenvalue weighted by Gasteiger charge is 2.52. The molecule has 12 nitrogen and oxygen atoms in total. The first kappa shape index (κ1) is 59.8. The molecule has 356 valence electrons. The van der Waals surface area contributed by atoms with E-state index >= 15 is 0 Å². The van der Waals surface area contributed by atoms with Crippen LogP contribution in [0.2, 0.25) is 0 Å². The quantitative estimate of drug-likeness (QED) is 0.0349. The van der Waals surface area contributed by atoms with Crippen molar-refractivity contribution in [2.45, 2.75) is 243 Å². The van der Waals surface area contributed by atoms with Crippen molar-refractivity contribution in [3.8, 4) is 0 Å². The lowest BCUT2D eigenvalue weighted by atomic mass is 9.84. The molecule has 0 aliphatic carbocycles. The van der Waals surface area contributed by atoms with Gasteiger partial charge in [0, 0.05) is 26.1 Å². The Bertz CT molecular complexity index is 1130. The first-order valence-electron chi connectivity index (χ1n) is 24.0. The van der Waals surface area contributed by atoms with E-state index in [0.717, 1.165) is 38.5 Å². The Labute approximate surface area is 366 Å². The Morgan fingerprint density at radius 3 is 1.15 bits per heavy atom. The van der Waals surface area contributed by atoms with Crippen molar-refractivity contribution in [2.75, 3.05) is 41.4 Å². The Morgan fingerprint density at radius 1 is 0.500 bits per heavy atom. The minimum absolute atomic E-state index is 0.0598. The molecule has 0 amide bonds.